The third kappa shape index (κ3) is 5.05. The van der Waals surface area contributed by atoms with E-state index in [4.69, 9.17) is 0 Å². The lowest BCUT2D eigenvalue weighted by Crippen LogP contribution is -2.13. The van der Waals surface area contributed by atoms with Gasteiger partial charge in [-0.15, -0.1) is 11.8 Å². The molecule has 0 bridgehead atoms. The Morgan fingerprint density at radius 2 is 2.00 bits per heavy atom. The Morgan fingerprint density at radius 3 is 2.60 bits per heavy atom. The Balaban J connectivity index is 2.25. The molecule has 0 spiro atoms. The zero-order valence-electron chi connectivity index (χ0n) is 9.49. The van der Waals surface area contributed by atoms with Gasteiger partial charge in [-0.2, -0.15) is 0 Å². The van der Waals surface area contributed by atoms with Gasteiger partial charge in [0.25, 0.3) is 0 Å². The van der Waals surface area contributed by atoms with Gasteiger partial charge < -0.3 is 5.32 Å². The highest BCUT2D eigenvalue weighted by atomic mass is 32.2. The Hall–Kier alpha value is -0.730. The summed E-state index contributed by atoms with van der Waals surface area (Å²) in [4.78, 5) is 1.33. The van der Waals surface area contributed by atoms with E-state index in [0.29, 0.717) is 0 Å². The van der Waals surface area contributed by atoms with Crippen LogP contribution in [0.4, 0.5) is 0 Å². The molecule has 0 aliphatic carbocycles. The highest BCUT2D eigenvalue weighted by Gasteiger charge is 1.92. The number of nitrogens with one attached hydrogen (secondary N) is 1. The summed E-state index contributed by atoms with van der Waals surface area (Å²) < 4.78 is 0. The lowest BCUT2D eigenvalue weighted by molar-refractivity contribution is 0.695. The molecule has 0 saturated carbocycles. The zero-order chi connectivity index (χ0) is 10.9. The molecule has 1 rings (SSSR count). The van der Waals surface area contributed by atoms with Crippen molar-refractivity contribution in [2.24, 2.45) is 0 Å². The Kier molecular flexibility index (Phi) is 6.21. The van der Waals surface area contributed by atoms with Gasteiger partial charge in [-0.05, 0) is 43.8 Å². The van der Waals surface area contributed by atoms with E-state index in [-0.39, 0.29) is 0 Å². The summed E-state index contributed by atoms with van der Waals surface area (Å²) in [5.41, 5.74) is 1.35. The van der Waals surface area contributed by atoms with Gasteiger partial charge in [-0.3, -0.25) is 0 Å². The fourth-order valence-electron chi connectivity index (χ4n) is 1.33. The predicted octanol–water partition coefficient (Wildman–Crippen LogP) is 3.46. The van der Waals surface area contributed by atoms with Crippen molar-refractivity contribution in [1.82, 2.24) is 5.32 Å². The lowest BCUT2D eigenvalue weighted by Gasteiger charge is -2.04. The first kappa shape index (κ1) is 12.3. The van der Waals surface area contributed by atoms with Crippen molar-refractivity contribution in [2.45, 2.75) is 24.8 Å². The van der Waals surface area contributed by atoms with Crippen LogP contribution < -0.4 is 5.32 Å². The number of thioether (sulfide) groups is 1. The van der Waals surface area contributed by atoms with E-state index < -0.39 is 0 Å². The predicted molar refractivity (Wildman–Crippen MR) is 69.4 cm³/mol. The van der Waals surface area contributed by atoms with Crippen LogP contribution in [-0.4, -0.2) is 12.8 Å². The quantitative estimate of drug-likeness (QED) is 0.448. The topological polar surface area (TPSA) is 12.0 Å². The summed E-state index contributed by atoms with van der Waals surface area (Å²) in [7, 11) is 0. The first-order valence-electron chi connectivity index (χ1n) is 5.31. The normalized spacial score (nSPS) is 11.1. The van der Waals surface area contributed by atoms with E-state index in [1.165, 1.54) is 10.5 Å². The molecule has 0 unspecified atom stereocenters. The lowest BCUT2D eigenvalue weighted by atomic mass is 10.2. The van der Waals surface area contributed by atoms with Gasteiger partial charge in [-0.1, -0.05) is 24.3 Å². The molecule has 0 heterocycles. The van der Waals surface area contributed by atoms with E-state index in [2.05, 4.69) is 54.9 Å². The summed E-state index contributed by atoms with van der Waals surface area (Å²) in [5.74, 6) is 0. The average Bonchev–Trinajstić information content (AvgIpc) is 2.30. The van der Waals surface area contributed by atoms with E-state index in [9.17, 15) is 0 Å². The second-order valence-electron chi connectivity index (χ2n) is 3.38. The van der Waals surface area contributed by atoms with E-state index >= 15 is 0 Å². The maximum Gasteiger partial charge on any atom is 0.0205 e. The number of rotatable bonds is 6. The molecule has 2 heteroatoms. The Morgan fingerprint density at radius 1 is 1.27 bits per heavy atom. The summed E-state index contributed by atoms with van der Waals surface area (Å²) in [6, 6.07) is 8.73. The molecule has 0 radical (unpaired) electrons. The molecule has 0 atom stereocenters. The smallest absolute Gasteiger partial charge is 0.0205 e. The van der Waals surface area contributed by atoms with Gasteiger partial charge in [0.15, 0.2) is 0 Å². The molecule has 0 aliphatic heterocycles. The fraction of sp³-hybridized carbons (Fsp3) is 0.385. The Bertz CT molecular complexity index is 290. The summed E-state index contributed by atoms with van der Waals surface area (Å²) >= 11 is 1.78. The molecule has 0 fully saturated rings. The third-order valence-electron chi connectivity index (χ3n) is 2.21. The van der Waals surface area contributed by atoms with Gasteiger partial charge in [0.05, 0.1) is 0 Å². The number of allylic oxidation sites excluding steroid dienone is 1. The molecule has 1 N–H and O–H groups in total. The van der Waals surface area contributed by atoms with Crippen molar-refractivity contribution in [3.05, 3.63) is 42.0 Å². The van der Waals surface area contributed by atoms with Crippen molar-refractivity contribution in [3.8, 4) is 0 Å². The number of benzene rings is 1. The van der Waals surface area contributed by atoms with Gasteiger partial charge in [0, 0.05) is 11.4 Å². The van der Waals surface area contributed by atoms with Crippen molar-refractivity contribution in [2.75, 3.05) is 12.8 Å². The highest BCUT2D eigenvalue weighted by Crippen LogP contribution is 2.14. The Labute approximate surface area is 97.0 Å². The second-order valence-corrected chi connectivity index (χ2v) is 4.26. The molecule has 1 aromatic rings. The monoisotopic (exact) mass is 221 g/mol. The SMILES string of the molecule is C/C=C/CCNCc1ccc(SC)cc1. The first-order valence-corrected chi connectivity index (χ1v) is 6.54. The van der Waals surface area contributed by atoms with Crippen molar-refractivity contribution in [3.63, 3.8) is 0 Å². The molecule has 0 saturated heterocycles. The van der Waals surface area contributed by atoms with Crippen molar-refractivity contribution >= 4 is 11.8 Å². The molecule has 0 aliphatic rings. The standard InChI is InChI=1S/C13H19NS/c1-3-4-5-10-14-11-12-6-8-13(15-2)9-7-12/h3-4,6-9,14H,5,10-11H2,1-2H3/b4-3+. The van der Waals surface area contributed by atoms with Gasteiger partial charge >= 0.3 is 0 Å². The highest BCUT2D eigenvalue weighted by molar-refractivity contribution is 7.98. The molecule has 0 amide bonds. The van der Waals surface area contributed by atoms with E-state index in [1.54, 1.807) is 11.8 Å². The molecule has 1 aromatic carbocycles. The minimum absolute atomic E-state index is 0.964. The van der Waals surface area contributed by atoms with Gasteiger partial charge in [-0.25, -0.2) is 0 Å². The molecule has 0 aromatic heterocycles. The van der Waals surface area contributed by atoms with Crippen LogP contribution in [0.1, 0.15) is 18.9 Å². The maximum atomic E-state index is 3.42. The van der Waals surface area contributed by atoms with Crippen LogP contribution in [0.2, 0.25) is 0 Å². The van der Waals surface area contributed by atoms with Gasteiger partial charge in [0.1, 0.15) is 0 Å². The number of hydrogen-bond acceptors (Lipinski definition) is 2. The average molecular weight is 221 g/mol. The van der Waals surface area contributed by atoms with Crippen LogP contribution in [0, 0.1) is 0 Å². The van der Waals surface area contributed by atoms with Crippen LogP contribution in [0.3, 0.4) is 0 Å². The summed E-state index contributed by atoms with van der Waals surface area (Å²) in [6.07, 6.45) is 7.49. The minimum atomic E-state index is 0.964. The maximum absolute atomic E-state index is 3.42. The largest absolute Gasteiger partial charge is 0.312 e. The summed E-state index contributed by atoms with van der Waals surface area (Å²) in [6.45, 7) is 4.07. The second kappa shape index (κ2) is 7.55. The van der Waals surface area contributed by atoms with Crippen LogP contribution in [0.15, 0.2) is 41.3 Å². The fourth-order valence-corrected chi connectivity index (χ4v) is 1.74. The minimum Gasteiger partial charge on any atom is -0.312 e. The third-order valence-corrected chi connectivity index (χ3v) is 2.96. The molecule has 15 heavy (non-hydrogen) atoms. The van der Waals surface area contributed by atoms with Crippen molar-refractivity contribution < 1.29 is 0 Å². The number of hydrogen-bond donors (Lipinski definition) is 1. The van der Waals surface area contributed by atoms with E-state index in [1.807, 2.05) is 0 Å². The zero-order valence-corrected chi connectivity index (χ0v) is 10.3. The first-order chi connectivity index (χ1) is 7.36. The van der Waals surface area contributed by atoms with Gasteiger partial charge in [0.2, 0.25) is 0 Å². The molecule has 82 valence electrons. The van der Waals surface area contributed by atoms with E-state index in [0.717, 1.165) is 19.5 Å². The van der Waals surface area contributed by atoms with Crippen LogP contribution >= 0.6 is 11.8 Å². The van der Waals surface area contributed by atoms with Crippen LogP contribution in [-0.2, 0) is 6.54 Å². The molecular formula is C13H19NS. The molecule has 1 nitrogen and oxygen atoms in total. The van der Waals surface area contributed by atoms with Crippen LogP contribution in [0.5, 0.6) is 0 Å². The van der Waals surface area contributed by atoms with Crippen LogP contribution in [0.25, 0.3) is 0 Å². The molecular weight excluding hydrogens is 202 g/mol. The summed E-state index contributed by atoms with van der Waals surface area (Å²) in [5, 5.41) is 3.42. The van der Waals surface area contributed by atoms with Crippen molar-refractivity contribution in [1.29, 1.82) is 0 Å².